The van der Waals surface area contributed by atoms with Crippen molar-refractivity contribution in [3.8, 4) is 11.5 Å². The van der Waals surface area contributed by atoms with Gasteiger partial charge in [-0.3, -0.25) is 9.59 Å². The summed E-state index contributed by atoms with van der Waals surface area (Å²) in [6, 6.07) is 9.42. The van der Waals surface area contributed by atoms with Crippen molar-refractivity contribution < 1.29 is 24.2 Å². The maximum Gasteiger partial charge on any atom is 0.306 e. The molecule has 0 radical (unpaired) electrons. The minimum Gasteiger partial charge on any atom is -0.503 e. The summed E-state index contributed by atoms with van der Waals surface area (Å²) in [6.45, 7) is 5.86. The van der Waals surface area contributed by atoms with Gasteiger partial charge in [0.1, 0.15) is 6.10 Å². The number of hydrogen-bond donors (Lipinski definition) is 1. The number of aromatic hydroxyl groups is 1. The molecule has 1 N–H and O–H groups in total. The lowest BCUT2D eigenvalue weighted by Gasteiger charge is -2.22. The molecule has 0 spiro atoms. The second-order valence-corrected chi connectivity index (χ2v) is 6.47. The first-order valence-electron chi connectivity index (χ1n) is 8.85. The Labute approximate surface area is 159 Å². The SMILES string of the molecule is COc1ccnc(C(=O)CCC(=O)O[C@@H](C)[C@H](C)c2ccccc2C)c1O. The summed E-state index contributed by atoms with van der Waals surface area (Å²) in [5, 5.41) is 9.97. The highest BCUT2D eigenvalue weighted by Gasteiger charge is 2.22. The van der Waals surface area contributed by atoms with Gasteiger partial charge in [-0.15, -0.1) is 0 Å². The zero-order valence-electron chi connectivity index (χ0n) is 16.1. The molecule has 0 saturated heterocycles. The zero-order valence-corrected chi connectivity index (χ0v) is 16.1. The summed E-state index contributed by atoms with van der Waals surface area (Å²) in [5.41, 5.74) is 2.16. The standard InChI is InChI=1S/C21H25NO5/c1-13-7-5-6-8-16(13)14(2)15(3)27-19(24)10-9-17(23)20-21(25)18(26-4)11-12-22-20/h5-8,11-12,14-15,25H,9-10H2,1-4H3/t14-,15-/m0/s1. The average Bonchev–Trinajstić information content (AvgIpc) is 2.66. The predicted molar refractivity (Wildman–Crippen MR) is 101 cm³/mol. The van der Waals surface area contributed by atoms with Gasteiger partial charge in [0.05, 0.1) is 13.5 Å². The number of carbonyl (C=O) groups excluding carboxylic acids is 2. The number of carbonyl (C=O) groups is 2. The van der Waals surface area contributed by atoms with Crippen molar-refractivity contribution in [2.45, 2.75) is 45.6 Å². The lowest BCUT2D eigenvalue weighted by atomic mass is 9.92. The van der Waals surface area contributed by atoms with Gasteiger partial charge < -0.3 is 14.6 Å². The molecule has 0 aliphatic rings. The van der Waals surface area contributed by atoms with Gasteiger partial charge in [-0.2, -0.15) is 0 Å². The number of nitrogens with zero attached hydrogens (tertiary/aromatic N) is 1. The summed E-state index contributed by atoms with van der Waals surface area (Å²) in [5.74, 6) is -1.02. The van der Waals surface area contributed by atoms with Gasteiger partial charge in [0.15, 0.2) is 23.0 Å². The van der Waals surface area contributed by atoms with E-state index in [4.69, 9.17) is 9.47 Å². The molecule has 0 bridgehead atoms. The summed E-state index contributed by atoms with van der Waals surface area (Å²) in [7, 11) is 1.39. The molecule has 0 aliphatic heterocycles. The van der Waals surface area contributed by atoms with Crippen LogP contribution in [0, 0.1) is 6.92 Å². The minimum absolute atomic E-state index is 0.0370. The van der Waals surface area contributed by atoms with Gasteiger partial charge in [0.25, 0.3) is 0 Å². The Morgan fingerprint density at radius 1 is 1.15 bits per heavy atom. The molecule has 2 rings (SSSR count). The third-order valence-corrected chi connectivity index (χ3v) is 4.63. The Morgan fingerprint density at radius 3 is 2.52 bits per heavy atom. The third-order valence-electron chi connectivity index (χ3n) is 4.63. The van der Waals surface area contributed by atoms with Crippen molar-refractivity contribution in [3.05, 3.63) is 53.3 Å². The van der Waals surface area contributed by atoms with Gasteiger partial charge in [-0.1, -0.05) is 31.2 Å². The average molecular weight is 371 g/mol. The Hall–Kier alpha value is -2.89. The van der Waals surface area contributed by atoms with Crippen molar-refractivity contribution in [1.82, 2.24) is 4.98 Å². The Balaban J connectivity index is 1.92. The molecule has 0 fully saturated rings. The van der Waals surface area contributed by atoms with Crippen molar-refractivity contribution in [2.75, 3.05) is 7.11 Å². The molecule has 0 aliphatic carbocycles. The van der Waals surface area contributed by atoms with Crippen LogP contribution in [0.3, 0.4) is 0 Å². The zero-order chi connectivity index (χ0) is 20.0. The third kappa shape index (κ3) is 5.06. The Bertz CT molecular complexity index is 818. The van der Waals surface area contributed by atoms with Gasteiger partial charge in [0.2, 0.25) is 0 Å². The molecule has 2 aromatic rings. The maximum absolute atomic E-state index is 12.2. The number of Topliss-reactive ketones (excluding diaryl/α,β-unsaturated/α-hetero) is 1. The van der Waals surface area contributed by atoms with E-state index in [1.165, 1.54) is 19.4 Å². The molecule has 0 saturated carbocycles. The largest absolute Gasteiger partial charge is 0.503 e. The molecule has 6 nitrogen and oxygen atoms in total. The second kappa shape index (κ2) is 9.16. The lowest BCUT2D eigenvalue weighted by molar-refractivity contribution is -0.149. The van der Waals surface area contributed by atoms with E-state index in [1.807, 2.05) is 45.0 Å². The number of rotatable bonds is 8. The smallest absolute Gasteiger partial charge is 0.306 e. The highest BCUT2D eigenvalue weighted by molar-refractivity contribution is 5.98. The van der Waals surface area contributed by atoms with Crippen LogP contribution in [0.15, 0.2) is 36.5 Å². The van der Waals surface area contributed by atoms with Crippen LogP contribution in [-0.4, -0.2) is 35.1 Å². The molecule has 6 heteroatoms. The molecule has 1 heterocycles. The molecular formula is C21H25NO5. The molecule has 2 atom stereocenters. The van der Waals surface area contributed by atoms with Crippen molar-refractivity contribution in [3.63, 3.8) is 0 Å². The number of ketones is 1. The van der Waals surface area contributed by atoms with Crippen LogP contribution in [0.25, 0.3) is 0 Å². The van der Waals surface area contributed by atoms with Crippen LogP contribution in [0.4, 0.5) is 0 Å². The van der Waals surface area contributed by atoms with Crippen LogP contribution in [0.1, 0.15) is 54.2 Å². The number of methoxy groups -OCH3 is 1. The molecular weight excluding hydrogens is 346 g/mol. The molecule has 144 valence electrons. The fraction of sp³-hybridized carbons (Fsp3) is 0.381. The predicted octanol–water partition coefficient (Wildman–Crippen LogP) is 3.80. The van der Waals surface area contributed by atoms with Crippen LogP contribution in [0.2, 0.25) is 0 Å². The fourth-order valence-corrected chi connectivity index (χ4v) is 2.86. The normalized spacial score (nSPS) is 12.9. The fourth-order valence-electron chi connectivity index (χ4n) is 2.86. The van der Waals surface area contributed by atoms with E-state index >= 15 is 0 Å². The Kier molecular flexibility index (Phi) is 6.93. The summed E-state index contributed by atoms with van der Waals surface area (Å²) < 4.78 is 10.4. The van der Waals surface area contributed by atoms with Crippen molar-refractivity contribution in [1.29, 1.82) is 0 Å². The molecule has 27 heavy (non-hydrogen) atoms. The molecule has 0 amide bonds. The van der Waals surface area contributed by atoms with Crippen LogP contribution >= 0.6 is 0 Å². The molecule has 1 aromatic heterocycles. The summed E-state index contributed by atoms with van der Waals surface area (Å²) >= 11 is 0. The van der Waals surface area contributed by atoms with Crippen LogP contribution in [-0.2, 0) is 9.53 Å². The van der Waals surface area contributed by atoms with Crippen LogP contribution < -0.4 is 4.74 Å². The highest BCUT2D eigenvalue weighted by Crippen LogP contribution is 2.29. The first-order chi connectivity index (χ1) is 12.8. The van der Waals surface area contributed by atoms with E-state index in [0.717, 1.165) is 11.1 Å². The Morgan fingerprint density at radius 2 is 1.85 bits per heavy atom. The number of aromatic nitrogens is 1. The van der Waals surface area contributed by atoms with Gasteiger partial charge >= 0.3 is 5.97 Å². The van der Waals surface area contributed by atoms with Gasteiger partial charge in [-0.25, -0.2) is 4.98 Å². The van der Waals surface area contributed by atoms with Crippen LogP contribution in [0.5, 0.6) is 11.5 Å². The number of pyridine rings is 1. The first kappa shape index (κ1) is 20.4. The minimum atomic E-state index is -0.460. The number of benzene rings is 1. The summed E-state index contributed by atoms with van der Waals surface area (Å²) in [6.07, 6.45) is 0.868. The quantitative estimate of drug-likeness (QED) is 0.561. The first-order valence-corrected chi connectivity index (χ1v) is 8.85. The monoisotopic (exact) mass is 371 g/mol. The van der Waals surface area contributed by atoms with Gasteiger partial charge in [0, 0.05) is 24.6 Å². The van der Waals surface area contributed by atoms with Crippen molar-refractivity contribution in [2.24, 2.45) is 0 Å². The summed E-state index contributed by atoms with van der Waals surface area (Å²) in [4.78, 5) is 28.2. The number of aryl methyl sites for hydroxylation is 1. The number of hydrogen-bond acceptors (Lipinski definition) is 6. The van der Waals surface area contributed by atoms with Gasteiger partial charge in [-0.05, 0) is 25.0 Å². The van der Waals surface area contributed by atoms with E-state index in [1.54, 1.807) is 0 Å². The highest BCUT2D eigenvalue weighted by atomic mass is 16.5. The maximum atomic E-state index is 12.2. The lowest BCUT2D eigenvalue weighted by Crippen LogP contribution is -2.22. The van der Waals surface area contributed by atoms with E-state index in [0.29, 0.717) is 0 Å². The van der Waals surface area contributed by atoms with E-state index < -0.39 is 11.8 Å². The van der Waals surface area contributed by atoms with Crippen molar-refractivity contribution >= 4 is 11.8 Å². The number of esters is 1. The molecule has 0 unspecified atom stereocenters. The molecule has 1 aromatic carbocycles. The van der Waals surface area contributed by atoms with E-state index in [-0.39, 0.29) is 42.1 Å². The topological polar surface area (TPSA) is 85.7 Å². The van der Waals surface area contributed by atoms with E-state index in [2.05, 4.69) is 4.98 Å². The second-order valence-electron chi connectivity index (χ2n) is 6.47. The number of ether oxygens (including phenoxy) is 2. The van der Waals surface area contributed by atoms with E-state index in [9.17, 15) is 14.7 Å².